The molecule has 0 unspecified atom stereocenters. The van der Waals surface area contributed by atoms with Crippen LogP contribution in [0.1, 0.15) is 17.5 Å². The molecule has 3 nitrogen and oxygen atoms in total. The van der Waals surface area contributed by atoms with Gasteiger partial charge < -0.3 is 0 Å². The van der Waals surface area contributed by atoms with E-state index in [1.807, 2.05) is 12.1 Å². The molecule has 0 saturated carbocycles. The normalized spacial score (nSPS) is 13.1. The third-order valence-electron chi connectivity index (χ3n) is 6.73. The van der Waals surface area contributed by atoms with Gasteiger partial charge in [-0.2, -0.15) is 0 Å². The molecule has 4 aromatic carbocycles. The van der Waals surface area contributed by atoms with E-state index in [4.69, 9.17) is 9.97 Å². The molecule has 7 rings (SSSR count). The zero-order chi connectivity index (χ0) is 22.6. The monoisotopic (exact) mass is 501 g/mol. The summed E-state index contributed by atoms with van der Waals surface area (Å²) in [6, 6.07) is 29.6. The fourth-order valence-corrected chi connectivity index (χ4v) is 5.56. The van der Waals surface area contributed by atoms with Crippen LogP contribution in [0, 0.1) is 0 Å². The minimum Gasteiger partial charge on any atom is -0.278 e. The molecule has 0 fully saturated rings. The number of rotatable bonds is 2. The number of allylic oxidation sites excluding steroid dienone is 1. The molecule has 1 aliphatic rings. The lowest BCUT2D eigenvalue weighted by Gasteiger charge is -2.13. The number of hydrogen-bond acceptors (Lipinski definition) is 2. The minimum absolute atomic E-state index is 0.694. The number of aryl methyl sites for hydroxylation is 1. The van der Waals surface area contributed by atoms with Crippen molar-refractivity contribution in [3.63, 3.8) is 0 Å². The SMILES string of the molecule is Brc1ccc2c(c1)c1c3c(ccc1n2-c1nc(-c2ccccc2)c2ccccc2n1)CCC=C3. The number of para-hydroxylation sites is 1. The Kier molecular flexibility index (Phi) is 4.42. The summed E-state index contributed by atoms with van der Waals surface area (Å²) >= 11 is 3.70. The van der Waals surface area contributed by atoms with E-state index in [1.54, 1.807) is 0 Å². The molecule has 1 aliphatic carbocycles. The summed E-state index contributed by atoms with van der Waals surface area (Å²) in [5.41, 5.74) is 7.94. The molecule has 0 bridgehead atoms. The number of benzene rings is 4. The summed E-state index contributed by atoms with van der Waals surface area (Å²) in [5.74, 6) is 0.694. The van der Waals surface area contributed by atoms with E-state index in [0.29, 0.717) is 5.95 Å². The maximum Gasteiger partial charge on any atom is 0.235 e. The van der Waals surface area contributed by atoms with Crippen molar-refractivity contribution in [1.29, 1.82) is 0 Å². The topological polar surface area (TPSA) is 30.7 Å². The van der Waals surface area contributed by atoms with Crippen LogP contribution in [0.4, 0.5) is 0 Å². The van der Waals surface area contributed by atoms with Crippen molar-refractivity contribution in [3.05, 3.63) is 107 Å². The Balaban J connectivity index is 1.62. The number of aromatic nitrogens is 3. The van der Waals surface area contributed by atoms with Gasteiger partial charge in [0.05, 0.1) is 22.2 Å². The van der Waals surface area contributed by atoms with Crippen LogP contribution >= 0.6 is 15.9 Å². The molecule has 0 radical (unpaired) electrons. The highest BCUT2D eigenvalue weighted by Gasteiger charge is 2.20. The van der Waals surface area contributed by atoms with Gasteiger partial charge in [0.25, 0.3) is 0 Å². The Morgan fingerprint density at radius 3 is 2.50 bits per heavy atom. The van der Waals surface area contributed by atoms with Crippen molar-refractivity contribution in [2.45, 2.75) is 12.8 Å². The average molecular weight is 502 g/mol. The first-order valence-corrected chi connectivity index (χ1v) is 12.3. The van der Waals surface area contributed by atoms with Crippen LogP contribution in [0.3, 0.4) is 0 Å². The number of halogens is 1. The molecule has 2 heterocycles. The highest BCUT2D eigenvalue weighted by Crippen LogP contribution is 2.39. The van der Waals surface area contributed by atoms with Gasteiger partial charge in [-0.05, 0) is 54.3 Å². The van der Waals surface area contributed by atoms with Gasteiger partial charge in [-0.3, -0.25) is 4.57 Å². The zero-order valence-corrected chi connectivity index (χ0v) is 20.0. The fourth-order valence-electron chi connectivity index (χ4n) is 5.20. The van der Waals surface area contributed by atoms with Crippen molar-refractivity contribution in [2.75, 3.05) is 0 Å². The zero-order valence-electron chi connectivity index (χ0n) is 18.4. The van der Waals surface area contributed by atoms with Crippen molar-refractivity contribution in [2.24, 2.45) is 0 Å². The van der Waals surface area contributed by atoms with E-state index in [-0.39, 0.29) is 0 Å². The summed E-state index contributed by atoms with van der Waals surface area (Å²) in [6.07, 6.45) is 6.73. The molecule has 2 aromatic heterocycles. The van der Waals surface area contributed by atoms with Gasteiger partial charge in [0, 0.05) is 26.2 Å². The lowest BCUT2D eigenvalue weighted by atomic mass is 9.93. The second kappa shape index (κ2) is 7.64. The van der Waals surface area contributed by atoms with E-state index in [9.17, 15) is 0 Å². The molecule has 0 spiro atoms. The van der Waals surface area contributed by atoms with Gasteiger partial charge in [0.2, 0.25) is 5.95 Å². The smallest absolute Gasteiger partial charge is 0.235 e. The summed E-state index contributed by atoms with van der Waals surface area (Å²) in [5, 5.41) is 3.54. The Hall–Kier alpha value is -3.76. The molecular weight excluding hydrogens is 482 g/mol. The van der Waals surface area contributed by atoms with E-state index in [1.165, 1.54) is 21.9 Å². The molecule has 6 aromatic rings. The summed E-state index contributed by atoms with van der Waals surface area (Å²) in [6.45, 7) is 0. The van der Waals surface area contributed by atoms with Crippen LogP contribution in [0.15, 0.2) is 95.5 Å². The Morgan fingerprint density at radius 2 is 1.59 bits per heavy atom. The van der Waals surface area contributed by atoms with Gasteiger partial charge in [-0.15, -0.1) is 0 Å². The molecule has 0 saturated heterocycles. The number of nitrogens with zero attached hydrogens (tertiary/aromatic N) is 3. The van der Waals surface area contributed by atoms with Gasteiger partial charge in [-0.1, -0.05) is 82.7 Å². The predicted molar refractivity (Wildman–Crippen MR) is 144 cm³/mol. The molecule has 0 aliphatic heterocycles. The summed E-state index contributed by atoms with van der Waals surface area (Å²) in [7, 11) is 0. The fraction of sp³-hybridized carbons (Fsp3) is 0.0667. The minimum atomic E-state index is 0.694. The van der Waals surface area contributed by atoms with Crippen LogP contribution < -0.4 is 0 Å². The highest BCUT2D eigenvalue weighted by molar-refractivity contribution is 9.10. The van der Waals surface area contributed by atoms with Gasteiger partial charge in [0.1, 0.15) is 0 Å². The maximum absolute atomic E-state index is 5.17. The quantitative estimate of drug-likeness (QED) is 0.239. The maximum atomic E-state index is 5.17. The Morgan fingerprint density at radius 1 is 0.765 bits per heavy atom. The molecule has 4 heteroatoms. The number of fused-ring (bicyclic) bond motifs is 6. The second-order valence-electron chi connectivity index (χ2n) is 8.73. The first kappa shape index (κ1) is 19.7. The molecular formula is C30H20BrN3. The number of hydrogen-bond donors (Lipinski definition) is 0. The van der Waals surface area contributed by atoms with Crippen LogP contribution in [0.25, 0.3) is 56.0 Å². The van der Waals surface area contributed by atoms with E-state index in [0.717, 1.165) is 50.5 Å². The van der Waals surface area contributed by atoms with Crippen LogP contribution in [0.5, 0.6) is 0 Å². The molecule has 162 valence electrons. The first-order chi connectivity index (χ1) is 16.8. The largest absolute Gasteiger partial charge is 0.278 e. The van der Waals surface area contributed by atoms with Crippen LogP contribution in [0.2, 0.25) is 0 Å². The average Bonchev–Trinajstić information content (AvgIpc) is 3.22. The standard InChI is InChI=1S/C30H20BrN3/c31-21-15-17-26-24(18-21)28-22-11-5-4-8-19(22)14-16-27(28)34(26)30-32-25-13-7-6-12-23(25)29(33-30)20-9-2-1-3-10-20/h1-3,5-7,9-18H,4,8H2. The van der Waals surface area contributed by atoms with Crippen molar-refractivity contribution >= 4 is 54.7 Å². The van der Waals surface area contributed by atoms with Crippen LogP contribution in [-0.2, 0) is 6.42 Å². The van der Waals surface area contributed by atoms with E-state index >= 15 is 0 Å². The molecule has 0 amide bonds. The lowest BCUT2D eigenvalue weighted by molar-refractivity contribution is 0.986. The van der Waals surface area contributed by atoms with E-state index < -0.39 is 0 Å². The van der Waals surface area contributed by atoms with Crippen LogP contribution in [-0.4, -0.2) is 14.5 Å². The third-order valence-corrected chi connectivity index (χ3v) is 7.22. The third kappa shape index (κ3) is 2.95. The van der Waals surface area contributed by atoms with Crippen molar-refractivity contribution < 1.29 is 0 Å². The highest BCUT2D eigenvalue weighted by atomic mass is 79.9. The first-order valence-electron chi connectivity index (χ1n) is 11.5. The Bertz CT molecular complexity index is 1760. The second-order valence-corrected chi connectivity index (χ2v) is 9.64. The van der Waals surface area contributed by atoms with Gasteiger partial charge in [-0.25, -0.2) is 9.97 Å². The van der Waals surface area contributed by atoms with Gasteiger partial charge >= 0.3 is 0 Å². The van der Waals surface area contributed by atoms with Crippen molar-refractivity contribution in [1.82, 2.24) is 14.5 Å². The Labute approximate surface area is 205 Å². The predicted octanol–water partition coefficient (Wildman–Crippen LogP) is 8.12. The molecule has 0 atom stereocenters. The van der Waals surface area contributed by atoms with E-state index in [2.05, 4.69) is 105 Å². The van der Waals surface area contributed by atoms with Gasteiger partial charge in [0.15, 0.2) is 0 Å². The van der Waals surface area contributed by atoms with Crippen molar-refractivity contribution in [3.8, 4) is 17.2 Å². The summed E-state index contributed by atoms with van der Waals surface area (Å²) in [4.78, 5) is 10.2. The summed E-state index contributed by atoms with van der Waals surface area (Å²) < 4.78 is 3.29. The lowest BCUT2D eigenvalue weighted by Crippen LogP contribution is -2.04. The molecule has 34 heavy (non-hydrogen) atoms. The molecule has 0 N–H and O–H groups in total.